The van der Waals surface area contributed by atoms with Crippen LogP contribution in [0.15, 0.2) is 47.4 Å². The number of rotatable bonds is 9. The summed E-state index contributed by atoms with van der Waals surface area (Å²) >= 11 is 0. The largest absolute Gasteiger partial charge is 0.472 e. The summed E-state index contributed by atoms with van der Waals surface area (Å²) in [5, 5.41) is 2.88. The van der Waals surface area contributed by atoms with Gasteiger partial charge in [-0.05, 0) is 31.5 Å². The van der Waals surface area contributed by atoms with E-state index in [0.717, 1.165) is 12.1 Å². The van der Waals surface area contributed by atoms with Crippen LogP contribution in [0.5, 0.6) is 0 Å². The van der Waals surface area contributed by atoms with Crippen LogP contribution >= 0.6 is 0 Å². The molecule has 6 nitrogen and oxygen atoms in total. The highest BCUT2D eigenvalue weighted by atomic mass is 16.3. The Morgan fingerprint density at radius 3 is 2.80 bits per heavy atom. The van der Waals surface area contributed by atoms with Gasteiger partial charge in [0.2, 0.25) is 5.91 Å². The number of hydrogen-bond acceptors (Lipinski definition) is 4. The predicted octanol–water partition coefficient (Wildman–Crippen LogP) is 2.66. The summed E-state index contributed by atoms with van der Waals surface area (Å²) in [6.45, 7) is 4.92. The maximum absolute atomic E-state index is 12.5. The zero-order valence-corrected chi connectivity index (χ0v) is 14.8. The first-order valence-electron chi connectivity index (χ1n) is 8.61. The van der Waals surface area contributed by atoms with Gasteiger partial charge >= 0.3 is 0 Å². The van der Waals surface area contributed by atoms with Crippen molar-refractivity contribution < 1.29 is 14.0 Å². The van der Waals surface area contributed by atoms with Crippen LogP contribution in [0, 0.1) is 0 Å². The second-order valence-electron chi connectivity index (χ2n) is 5.94. The molecule has 2 rings (SSSR count). The zero-order chi connectivity index (χ0) is 18.1. The quantitative estimate of drug-likeness (QED) is 0.759. The number of aromatic nitrogens is 1. The first-order valence-corrected chi connectivity index (χ1v) is 8.61. The van der Waals surface area contributed by atoms with Crippen molar-refractivity contribution in [2.75, 3.05) is 13.1 Å². The lowest BCUT2D eigenvalue weighted by molar-refractivity contribution is -0.121. The van der Waals surface area contributed by atoms with Crippen molar-refractivity contribution in [3.05, 3.63) is 54.2 Å². The van der Waals surface area contributed by atoms with E-state index in [2.05, 4.69) is 10.3 Å². The van der Waals surface area contributed by atoms with Gasteiger partial charge in [0.1, 0.15) is 6.26 Å². The molecule has 0 saturated carbocycles. The van der Waals surface area contributed by atoms with Gasteiger partial charge in [-0.1, -0.05) is 13.0 Å². The molecular weight excluding hydrogens is 318 g/mol. The fourth-order valence-electron chi connectivity index (χ4n) is 2.48. The summed E-state index contributed by atoms with van der Waals surface area (Å²) in [7, 11) is 0. The van der Waals surface area contributed by atoms with Gasteiger partial charge in [-0.15, -0.1) is 0 Å². The second-order valence-corrected chi connectivity index (χ2v) is 5.94. The van der Waals surface area contributed by atoms with E-state index in [4.69, 9.17) is 4.42 Å². The minimum atomic E-state index is -0.107. The third-order valence-corrected chi connectivity index (χ3v) is 4.16. The van der Waals surface area contributed by atoms with Crippen molar-refractivity contribution in [1.29, 1.82) is 0 Å². The molecule has 2 heterocycles. The number of amides is 2. The molecule has 0 saturated heterocycles. The molecule has 0 radical (unpaired) electrons. The van der Waals surface area contributed by atoms with Crippen LogP contribution in [0.25, 0.3) is 0 Å². The van der Waals surface area contributed by atoms with Crippen molar-refractivity contribution in [1.82, 2.24) is 15.2 Å². The summed E-state index contributed by atoms with van der Waals surface area (Å²) in [4.78, 5) is 30.6. The number of pyridine rings is 1. The Hall–Kier alpha value is -2.63. The third kappa shape index (κ3) is 5.74. The van der Waals surface area contributed by atoms with E-state index in [-0.39, 0.29) is 24.3 Å². The lowest BCUT2D eigenvalue weighted by Gasteiger charge is -2.28. The number of carbonyl (C=O) groups is 2. The summed E-state index contributed by atoms with van der Waals surface area (Å²) in [6.07, 6.45) is 6.44. The number of carbonyl (C=O) groups excluding carboxylic acids is 2. The first kappa shape index (κ1) is 18.7. The normalized spacial score (nSPS) is 11.8. The molecule has 0 spiro atoms. The van der Waals surface area contributed by atoms with E-state index in [9.17, 15) is 9.59 Å². The highest BCUT2D eigenvalue weighted by molar-refractivity contribution is 5.94. The average Bonchev–Trinajstić information content (AvgIpc) is 3.17. The van der Waals surface area contributed by atoms with Crippen LogP contribution in [0.2, 0.25) is 0 Å². The molecule has 134 valence electrons. The predicted molar refractivity (Wildman–Crippen MR) is 95.1 cm³/mol. The Morgan fingerprint density at radius 2 is 2.16 bits per heavy atom. The molecule has 0 bridgehead atoms. The average molecular weight is 343 g/mol. The summed E-state index contributed by atoms with van der Waals surface area (Å²) in [6, 6.07) is 7.42. The zero-order valence-electron chi connectivity index (χ0n) is 14.8. The maximum atomic E-state index is 12.5. The topological polar surface area (TPSA) is 75.4 Å². The third-order valence-electron chi connectivity index (χ3n) is 4.16. The van der Waals surface area contributed by atoms with Crippen LogP contribution < -0.4 is 5.32 Å². The SMILES string of the molecule is CC[C@H](C)N(CCC(=O)NCCc1ccccn1)C(=O)c1ccoc1. The van der Waals surface area contributed by atoms with Gasteiger partial charge in [-0.25, -0.2) is 0 Å². The summed E-state index contributed by atoms with van der Waals surface area (Å²) in [5.74, 6) is -0.173. The molecule has 2 aromatic heterocycles. The highest BCUT2D eigenvalue weighted by Gasteiger charge is 2.21. The molecule has 0 aromatic carbocycles. The summed E-state index contributed by atoms with van der Waals surface area (Å²) in [5.41, 5.74) is 1.45. The molecule has 2 amide bonds. The Balaban J connectivity index is 1.81. The second kappa shape index (κ2) is 9.61. The lowest BCUT2D eigenvalue weighted by atomic mass is 10.1. The maximum Gasteiger partial charge on any atom is 0.257 e. The smallest absolute Gasteiger partial charge is 0.257 e. The van der Waals surface area contributed by atoms with Gasteiger partial charge in [0.15, 0.2) is 0 Å². The van der Waals surface area contributed by atoms with E-state index in [1.807, 2.05) is 32.0 Å². The number of nitrogens with zero attached hydrogens (tertiary/aromatic N) is 2. The van der Waals surface area contributed by atoms with E-state index in [0.29, 0.717) is 25.1 Å². The molecule has 1 N–H and O–H groups in total. The van der Waals surface area contributed by atoms with Crippen LogP contribution in [0.4, 0.5) is 0 Å². The fourth-order valence-corrected chi connectivity index (χ4v) is 2.48. The van der Waals surface area contributed by atoms with Crippen molar-refractivity contribution in [3.8, 4) is 0 Å². The van der Waals surface area contributed by atoms with E-state index in [1.54, 1.807) is 17.2 Å². The van der Waals surface area contributed by atoms with Crippen molar-refractivity contribution >= 4 is 11.8 Å². The minimum absolute atomic E-state index is 0.0590. The Kier molecular flexibility index (Phi) is 7.19. The van der Waals surface area contributed by atoms with Crippen molar-refractivity contribution in [2.45, 2.75) is 39.2 Å². The molecule has 25 heavy (non-hydrogen) atoms. The monoisotopic (exact) mass is 343 g/mol. The van der Waals surface area contributed by atoms with Gasteiger partial charge in [0, 0.05) is 43.9 Å². The number of furan rings is 1. The Bertz CT molecular complexity index is 656. The highest BCUT2D eigenvalue weighted by Crippen LogP contribution is 2.12. The number of nitrogens with one attached hydrogen (secondary N) is 1. The van der Waals surface area contributed by atoms with Gasteiger partial charge in [-0.3, -0.25) is 14.6 Å². The van der Waals surface area contributed by atoms with E-state index < -0.39 is 0 Å². The van der Waals surface area contributed by atoms with Gasteiger partial charge < -0.3 is 14.6 Å². The van der Waals surface area contributed by atoms with Crippen LogP contribution in [-0.4, -0.2) is 40.8 Å². The van der Waals surface area contributed by atoms with Crippen molar-refractivity contribution in [2.24, 2.45) is 0 Å². The molecule has 0 aliphatic carbocycles. The molecule has 0 fully saturated rings. The van der Waals surface area contributed by atoms with Crippen LogP contribution in [0.3, 0.4) is 0 Å². The molecule has 0 unspecified atom stereocenters. The van der Waals surface area contributed by atoms with Gasteiger partial charge in [-0.2, -0.15) is 0 Å². The molecule has 6 heteroatoms. The standard InChI is InChI=1S/C19H25N3O3/c1-3-15(2)22(19(24)16-9-13-25-14-16)12-8-18(23)21-11-7-17-6-4-5-10-20-17/h4-6,9-10,13-15H,3,7-8,11-12H2,1-2H3,(H,21,23)/t15-/m0/s1. The minimum Gasteiger partial charge on any atom is -0.472 e. The first-order chi connectivity index (χ1) is 12.1. The van der Waals surface area contributed by atoms with Gasteiger partial charge in [0.05, 0.1) is 11.8 Å². The molecule has 1 atom stereocenters. The van der Waals surface area contributed by atoms with Crippen LogP contribution in [0.1, 0.15) is 42.7 Å². The van der Waals surface area contributed by atoms with E-state index >= 15 is 0 Å². The Morgan fingerprint density at radius 1 is 1.32 bits per heavy atom. The number of hydrogen-bond donors (Lipinski definition) is 1. The Labute approximate surface area is 148 Å². The summed E-state index contributed by atoms with van der Waals surface area (Å²) < 4.78 is 4.99. The molecule has 0 aliphatic rings. The molecular formula is C19H25N3O3. The van der Waals surface area contributed by atoms with Gasteiger partial charge in [0.25, 0.3) is 5.91 Å². The van der Waals surface area contributed by atoms with E-state index in [1.165, 1.54) is 12.5 Å². The van der Waals surface area contributed by atoms with Crippen molar-refractivity contribution in [3.63, 3.8) is 0 Å². The lowest BCUT2D eigenvalue weighted by Crippen LogP contribution is -2.41. The van der Waals surface area contributed by atoms with Crippen LogP contribution in [-0.2, 0) is 11.2 Å². The fraction of sp³-hybridized carbons (Fsp3) is 0.421. The molecule has 0 aliphatic heterocycles. The molecule has 2 aromatic rings.